The van der Waals surface area contributed by atoms with Gasteiger partial charge in [0.25, 0.3) is 11.8 Å². The molecule has 1 heterocycles. The van der Waals surface area contributed by atoms with Crippen LogP contribution in [0, 0.1) is 0 Å². The predicted molar refractivity (Wildman–Crippen MR) is 106 cm³/mol. The minimum Gasteiger partial charge on any atom is -0.326 e. The number of nitrogens with one attached hydrogen (secondary N) is 1. The SMILES string of the molecule is C[SiH](C)ONc1cc(C(C)(C)C)ccc1N1C(=O)c2ccccc2C1=O. The highest BCUT2D eigenvalue weighted by molar-refractivity contribution is 6.48. The topological polar surface area (TPSA) is 58.6 Å². The summed E-state index contributed by atoms with van der Waals surface area (Å²) < 4.78 is 5.68. The Morgan fingerprint density at radius 1 is 0.962 bits per heavy atom. The van der Waals surface area contributed by atoms with E-state index in [2.05, 4.69) is 26.3 Å². The normalized spacial score (nSPS) is 14.2. The molecule has 0 bridgehead atoms. The first-order chi connectivity index (χ1) is 12.2. The molecule has 2 aromatic rings. The highest BCUT2D eigenvalue weighted by Crippen LogP contribution is 2.36. The summed E-state index contributed by atoms with van der Waals surface area (Å²) in [5, 5.41) is 0. The summed E-state index contributed by atoms with van der Waals surface area (Å²) in [6, 6.07) is 12.6. The molecule has 136 valence electrons. The molecule has 26 heavy (non-hydrogen) atoms. The number of hydrogen-bond donors (Lipinski definition) is 1. The van der Waals surface area contributed by atoms with Crippen LogP contribution in [0.5, 0.6) is 0 Å². The van der Waals surface area contributed by atoms with Gasteiger partial charge >= 0.3 is 0 Å². The van der Waals surface area contributed by atoms with Crippen molar-refractivity contribution in [2.75, 3.05) is 10.4 Å². The van der Waals surface area contributed by atoms with Gasteiger partial charge in [-0.2, -0.15) is 0 Å². The maximum atomic E-state index is 12.8. The fourth-order valence-electron chi connectivity index (χ4n) is 2.87. The van der Waals surface area contributed by atoms with E-state index in [1.807, 2.05) is 31.3 Å². The zero-order valence-corrected chi connectivity index (χ0v) is 16.9. The van der Waals surface area contributed by atoms with E-state index in [-0.39, 0.29) is 17.2 Å². The first kappa shape index (κ1) is 18.4. The molecule has 0 unspecified atom stereocenters. The number of nitrogens with zero attached hydrogens (tertiary/aromatic N) is 1. The van der Waals surface area contributed by atoms with Gasteiger partial charge in [0.05, 0.1) is 22.5 Å². The van der Waals surface area contributed by atoms with Gasteiger partial charge in [-0.1, -0.05) is 39.0 Å². The molecular weight excluding hydrogens is 344 g/mol. The van der Waals surface area contributed by atoms with Crippen LogP contribution in [0.3, 0.4) is 0 Å². The van der Waals surface area contributed by atoms with Gasteiger partial charge in [0.2, 0.25) is 9.04 Å². The van der Waals surface area contributed by atoms with Gasteiger partial charge in [0, 0.05) is 0 Å². The predicted octanol–water partition coefficient (Wildman–Crippen LogP) is 4.11. The van der Waals surface area contributed by atoms with Crippen LogP contribution in [0.15, 0.2) is 42.5 Å². The summed E-state index contributed by atoms with van der Waals surface area (Å²) in [6.07, 6.45) is 0. The number of anilines is 2. The average Bonchev–Trinajstić information content (AvgIpc) is 2.83. The van der Waals surface area contributed by atoms with Crippen molar-refractivity contribution in [3.05, 3.63) is 59.2 Å². The molecule has 0 fully saturated rings. The van der Waals surface area contributed by atoms with Crippen LogP contribution in [0.4, 0.5) is 11.4 Å². The van der Waals surface area contributed by atoms with Crippen molar-refractivity contribution in [1.82, 2.24) is 0 Å². The molecular formula is C20H24N2O3Si. The van der Waals surface area contributed by atoms with E-state index in [1.165, 1.54) is 4.90 Å². The van der Waals surface area contributed by atoms with E-state index in [0.29, 0.717) is 22.5 Å². The molecule has 0 aliphatic carbocycles. The van der Waals surface area contributed by atoms with Crippen LogP contribution < -0.4 is 10.4 Å². The van der Waals surface area contributed by atoms with Gasteiger partial charge in [-0.25, -0.2) is 4.90 Å². The molecule has 0 atom stereocenters. The van der Waals surface area contributed by atoms with Crippen molar-refractivity contribution in [3.63, 3.8) is 0 Å². The lowest BCUT2D eigenvalue weighted by atomic mass is 9.86. The number of benzene rings is 2. The quantitative estimate of drug-likeness (QED) is 0.501. The second-order valence-electron chi connectivity index (χ2n) is 7.74. The van der Waals surface area contributed by atoms with Crippen molar-refractivity contribution in [1.29, 1.82) is 0 Å². The summed E-state index contributed by atoms with van der Waals surface area (Å²) in [7, 11) is -1.34. The van der Waals surface area contributed by atoms with E-state index in [0.717, 1.165) is 5.56 Å². The number of rotatable bonds is 4. The zero-order valence-electron chi connectivity index (χ0n) is 15.8. The number of fused-ring (bicyclic) bond motifs is 1. The molecule has 1 aliphatic rings. The lowest BCUT2D eigenvalue weighted by Gasteiger charge is -2.24. The van der Waals surface area contributed by atoms with E-state index in [4.69, 9.17) is 4.53 Å². The Bertz CT molecular complexity index is 837. The lowest BCUT2D eigenvalue weighted by molar-refractivity contribution is 0.0926. The van der Waals surface area contributed by atoms with Crippen LogP contribution >= 0.6 is 0 Å². The van der Waals surface area contributed by atoms with Crippen LogP contribution in [0.1, 0.15) is 47.1 Å². The molecule has 0 saturated carbocycles. The van der Waals surface area contributed by atoms with E-state index >= 15 is 0 Å². The fourth-order valence-corrected chi connectivity index (χ4v) is 3.23. The Kier molecular flexibility index (Phi) is 4.73. The van der Waals surface area contributed by atoms with Crippen molar-refractivity contribution in [2.45, 2.75) is 39.3 Å². The largest absolute Gasteiger partial charge is 0.326 e. The van der Waals surface area contributed by atoms with Crippen molar-refractivity contribution < 1.29 is 14.1 Å². The summed E-state index contributed by atoms with van der Waals surface area (Å²) in [5.41, 5.74) is 6.03. The summed E-state index contributed by atoms with van der Waals surface area (Å²) in [6.45, 7) is 10.4. The molecule has 3 rings (SSSR count). The van der Waals surface area contributed by atoms with E-state index < -0.39 is 9.04 Å². The smallest absolute Gasteiger partial charge is 0.266 e. The Morgan fingerprint density at radius 2 is 1.54 bits per heavy atom. The van der Waals surface area contributed by atoms with Gasteiger partial charge in [0.15, 0.2) is 0 Å². The van der Waals surface area contributed by atoms with Crippen molar-refractivity contribution in [2.24, 2.45) is 0 Å². The molecule has 0 saturated heterocycles. The first-order valence-electron chi connectivity index (χ1n) is 8.74. The monoisotopic (exact) mass is 368 g/mol. The van der Waals surface area contributed by atoms with Crippen molar-refractivity contribution >= 4 is 32.2 Å². The molecule has 0 aromatic heterocycles. The molecule has 0 radical (unpaired) electrons. The number of carbonyl (C=O) groups is 2. The Balaban J connectivity index is 2.07. The molecule has 2 aromatic carbocycles. The molecule has 1 N–H and O–H groups in total. The van der Waals surface area contributed by atoms with E-state index in [1.54, 1.807) is 24.3 Å². The number of hydrogen-bond acceptors (Lipinski definition) is 4. The Hall–Kier alpha value is -2.44. The number of imide groups is 1. The zero-order chi connectivity index (χ0) is 19.1. The summed E-state index contributed by atoms with van der Waals surface area (Å²) in [5.74, 6) is -0.613. The summed E-state index contributed by atoms with van der Waals surface area (Å²) >= 11 is 0. The highest BCUT2D eigenvalue weighted by atomic mass is 28.3. The van der Waals surface area contributed by atoms with Gasteiger partial charge in [0.1, 0.15) is 0 Å². The molecule has 2 amide bonds. The lowest BCUT2D eigenvalue weighted by Crippen LogP contribution is -2.30. The van der Waals surface area contributed by atoms with Gasteiger partial charge in [-0.05, 0) is 48.3 Å². The first-order valence-corrected chi connectivity index (χ1v) is 11.5. The summed E-state index contributed by atoms with van der Waals surface area (Å²) in [4.78, 5) is 26.9. The second-order valence-corrected chi connectivity index (χ2v) is 10.1. The Morgan fingerprint density at radius 3 is 2.04 bits per heavy atom. The van der Waals surface area contributed by atoms with Crippen LogP contribution in [-0.2, 0) is 9.94 Å². The van der Waals surface area contributed by atoms with Crippen LogP contribution in [0.25, 0.3) is 0 Å². The Labute approximate surface area is 155 Å². The van der Waals surface area contributed by atoms with E-state index in [9.17, 15) is 9.59 Å². The van der Waals surface area contributed by atoms with Gasteiger partial charge < -0.3 is 4.53 Å². The third-order valence-electron chi connectivity index (χ3n) is 4.30. The minimum absolute atomic E-state index is 0.0633. The maximum Gasteiger partial charge on any atom is 0.266 e. The fraction of sp³-hybridized carbons (Fsp3) is 0.300. The number of amides is 2. The van der Waals surface area contributed by atoms with Crippen molar-refractivity contribution in [3.8, 4) is 0 Å². The average molecular weight is 369 g/mol. The number of carbonyl (C=O) groups excluding carboxylic acids is 2. The standard InChI is InChI=1S/C20H24N2O3Si/c1-20(2,3)13-10-11-17(16(12-13)21-25-26(4)5)22-18(23)14-8-6-7-9-15(14)19(22)24/h6-12,21,26H,1-5H3. The highest BCUT2D eigenvalue weighted by Gasteiger charge is 2.37. The third-order valence-corrected chi connectivity index (χ3v) is 4.89. The van der Waals surface area contributed by atoms with Gasteiger partial charge in [-0.3, -0.25) is 15.1 Å². The van der Waals surface area contributed by atoms with Crippen LogP contribution in [-0.4, -0.2) is 20.9 Å². The molecule has 0 spiro atoms. The second kappa shape index (κ2) is 6.70. The molecule has 6 heteroatoms. The van der Waals surface area contributed by atoms with Gasteiger partial charge in [-0.15, -0.1) is 0 Å². The third kappa shape index (κ3) is 3.30. The van der Waals surface area contributed by atoms with Crippen LogP contribution in [0.2, 0.25) is 13.1 Å². The molecule has 1 aliphatic heterocycles. The molecule has 5 nitrogen and oxygen atoms in total. The maximum absolute atomic E-state index is 12.8. The minimum atomic E-state index is -1.34.